The molecule has 19 heavy (non-hydrogen) atoms. The van der Waals surface area contributed by atoms with E-state index in [-0.39, 0.29) is 15.1 Å². The van der Waals surface area contributed by atoms with Crippen LogP contribution in [0.1, 0.15) is 25.7 Å². The summed E-state index contributed by atoms with van der Waals surface area (Å²) in [6.07, 6.45) is 3.79. The van der Waals surface area contributed by atoms with Crippen LogP contribution in [0.2, 0.25) is 0 Å². The summed E-state index contributed by atoms with van der Waals surface area (Å²) in [6.45, 7) is 1.01. The van der Waals surface area contributed by atoms with E-state index in [0.29, 0.717) is 13.1 Å². The highest BCUT2D eigenvalue weighted by Crippen LogP contribution is 2.30. The van der Waals surface area contributed by atoms with Gasteiger partial charge in [-0.15, -0.1) is 0 Å². The smallest absolute Gasteiger partial charge is 0.244 e. The number of hydrogen-bond donors (Lipinski definition) is 1. The second kappa shape index (κ2) is 5.76. The fourth-order valence-electron chi connectivity index (χ4n) is 2.16. The van der Waals surface area contributed by atoms with Crippen molar-refractivity contribution < 1.29 is 12.8 Å². The number of nitrogens with two attached hydrogens (primary N) is 1. The number of anilines is 1. The Bertz CT molecular complexity index is 569. The van der Waals surface area contributed by atoms with Gasteiger partial charge in [0.05, 0.1) is 10.6 Å². The maximum absolute atomic E-state index is 13.3. The van der Waals surface area contributed by atoms with Gasteiger partial charge >= 0.3 is 0 Å². The first-order valence-corrected chi connectivity index (χ1v) is 8.41. The Balaban J connectivity index is 2.41. The third-order valence-electron chi connectivity index (χ3n) is 3.23. The second-order valence-electron chi connectivity index (χ2n) is 4.62. The molecule has 0 amide bonds. The molecule has 0 unspecified atom stereocenters. The normalized spacial score (nSPS) is 18.2. The first-order chi connectivity index (χ1) is 8.93. The summed E-state index contributed by atoms with van der Waals surface area (Å²) in [5, 5.41) is 0. The Kier molecular flexibility index (Phi) is 4.47. The lowest BCUT2D eigenvalue weighted by molar-refractivity contribution is 0.423. The summed E-state index contributed by atoms with van der Waals surface area (Å²) in [5.74, 6) is -0.623. The van der Waals surface area contributed by atoms with Crippen LogP contribution in [-0.4, -0.2) is 25.8 Å². The lowest BCUT2D eigenvalue weighted by Gasteiger charge is -2.21. The SMILES string of the molecule is Nc1cc(S(=O)(=O)N2CCCCCC2)c(Br)cc1F. The quantitative estimate of drug-likeness (QED) is 0.834. The van der Waals surface area contributed by atoms with Crippen LogP contribution in [0.3, 0.4) is 0 Å². The van der Waals surface area contributed by atoms with E-state index in [9.17, 15) is 12.8 Å². The molecule has 2 N–H and O–H groups in total. The Morgan fingerprint density at radius 1 is 1.16 bits per heavy atom. The van der Waals surface area contributed by atoms with Gasteiger partial charge in [0, 0.05) is 17.6 Å². The number of rotatable bonds is 2. The number of nitrogens with zero attached hydrogens (tertiary/aromatic N) is 1. The Labute approximate surface area is 121 Å². The number of benzene rings is 1. The molecule has 0 aromatic heterocycles. The highest BCUT2D eigenvalue weighted by Gasteiger charge is 2.27. The molecule has 7 heteroatoms. The van der Waals surface area contributed by atoms with Crippen LogP contribution < -0.4 is 5.73 Å². The molecule has 0 bridgehead atoms. The molecular weight excluding hydrogens is 335 g/mol. The molecule has 0 aliphatic carbocycles. The van der Waals surface area contributed by atoms with E-state index >= 15 is 0 Å². The van der Waals surface area contributed by atoms with Gasteiger partial charge in [-0.25, -0.2) is 12.8 Å². The minimum atomic E-state index is -3.62. The zero-order valence-corrected chi connectivity index (χ0v) is 12.8. The predicted molar refractivity (Wildman–Crippen MR) is 75.7 cm³/mol. The third-order valence-corrected chi connectivity index (χ3v) is 6.09. The Morgan fingerprint density at radius 2 is 1.74 bits per heavy atom. The molecule has 1 fully saturated rings. The standard InChI is InChI=1S/C12H16BrFN2O2S/c13-9-7-10(14)11(15)8-12(9)19(17,18)16-5-3-1-2-4-6-16/h7-8H,1-6,15H2. The van der Waals surface area contributed by atoms with Gasteiger partial charge in [0.15, 0.2) is 0 Å². The third kappa shape index (κ3) is 3.09. The van der Waals surface area contributed by atoms with Gasteiger partial charge in [-0.05, 0) is 40.9 Å². The zero-order chi connectivity index (χ0) is 14.0. The number of halogens is 2. The van der Waals surface area contributed by atoms with E-state index in [1.165, 1.54) is 10.4 Å². The van der Waals surface area contributed by atoms with E-state index in [1.807, 2.05) is 0 Å². The molecule has 0 spiro atoms. The van der Waals surface area contributed by atoms with Crippen molar-refractivity contribution in [3.05, 3.63) is 22.4 Å². The van der Waals surface area contributed by atoms with E-state index in [2.05, 4.69) is 15.9 Å². The fraction of sp³-hybridized carbons (Fsp3) is 0.500. The summed E-state index contributed by atoms with van der Waals surface area (Å²) in [7, 11) is -3.62. The lowest BCUT2D eigenvalue weighted by atomic mass is 10.2. The molecular formula is C12H16BrFN2O2S. The maximum Gasteiger partial charge on any atom is 0.244 e. The van der Waals surface area contributed by atoms with Crippen LogP contribution in [0, 0.1) is 5.82 Å². The van der Waals surface area contributed by atoms with E-state index < -0.39 is 15.8 Å². The monoisotopic (exact) mass is 350 g/mol. The van der Waals surface area contributed by atoms with Crippen LogP contribution in [0.25, 0.3) is 0 Å². The summed E-state index contributed by atoms with van der Waals surface area (Å²) >= 11 is 3.10. The molecule has 0 atom stereocenters. The van der Waals surface area contributed by atoms with Gasteiger partial charge < -0.3 is 5.73 Å². The van der Waals surface area contributed by atoms with Crippen molar-refractivity contribution in [3.8, 4) is 0 Å². The van der Waals surface area contributed by atoms with Gasteiger partial charge in [0.1, 0.15) is 5.82 Å². The van der Waals surface area contributed by atoms with Crippen molar-refractivity contribution in [1.29, 1.82) is 0 Å². The van der Waals surface area contributed by atoms with Crippen molar-refractivity contribution in [1.82, 2.24) is 4.31 Å². The molecule has 2 rings (SSSR count). The van der Waals surface area contributed by atoms with E-state index in [4.69, 9.17) is 5.73 Å². The number of sulfonamides is 1. The lowest BCUT2D eigenvalue weighted by Crippen LogP contribution is -2.32. The molecule has 1 aliphatic heterocycles. The Hall–Kier alpha value is -0.660. The van der Waals surface area contributed by atoms with Crippen molar-refractivity contribution in [2.75, 3.05) is 18.8 Å². The van der Waals surface area contributed by atoms with Crippen molar-refractivity contribution in [2.45, 2.75) is 30.6 Å². The highest BCUT2D eigenvalue weighted by atomic mass is 79.9. The summed E-state index contributed by atoms with van der Waals surface area (Å²) in [5.41, 5.74) is 5.31. The Morgan fingerprint density at radius 3 is 2.32 bits per heavy atom. The average Bonchev–Trinajstić information content (AvgIpc) is 2.62. The molecule has 106 valence electrons. The zero-order valence-electron chi connectivity index (χ0n) is 10.4. The van der Waals surface area contributed by atoms with Crippen molar-refractivity contribution in [2.24, 2.45) is 0 Å². The van der Waals surface area contributed by atoms with E-state index in [1.54, 1.807) is 0 Å². The van der Waals surface area contributed by atoms with E-state index in [0.717, 1.165) is 31.7 Å². The van der Waals surface area contributed by atoms with Crippen LogP contribution in [-0.2, 0) is 10.0 Å². The summed E-state index contributed by atoms with van der Waals surface area (Å²) in [4.78, 5) is 0.0355. The maximum atomic E-state index is 13.3. The van der Waals surface area contributed by atoms with Crippen LogP contribution >= 0.6 is 15.9 Å². The highest BCUT2D eigenvalue weighted by molar-refractivity contribution is 9.10. The first kappa shape index (κ1) is 14.7. The number of hydrogen-bond acceptors (Lipinski definition) is 3. The summed E-state index contributed by atoms with van der Waals surface area (Å²) in [6, 6.07) is 2.28. The predicted octanol–water partition coefficient (Wildman–Crippen LogP) is 2.74. The molecule has 1 aromatic carbocycles. The average molecular weight is 351 g/mol. The van der Waals surface area contributed by atoms with Crippen molar-refractivity contribution >= 4 is 31.6 Å². The number of nitrogen functional groups attached to an aromatic ring is 1. The van der Waals surface area contributed by atoms with Crippen LogP contribution in [0.5, 0.6) is 0 Å². The fourth-order valence-corrected chi connectivity index (χ4v) is 4.69. The van der Waals surface area contributed by atoms with Crippen molar-refractivity contribution in [3.63, 3.8) is 0 Å². The van der Waals surface area contributed by atoms with Gasteiger partial charge in [-0.2, -0.15) is 4.31 Å². The topological polar surface area (TPSA) is 63.4 Å². The molecule has 0 radical (unpaired) electrons. The minimum absolute atomic E-state index is 0.0355. The molecule has 1 saturated heterocycles. The van der Waals surface area contributed by atoms with Crippen LogP contribution in [0.15, 0.2) is 21.5 Å². The second-order valence-corrected chi connectivity index (χ2v) is 7.38. The largest absolute Gasteiger partial charge is 0.396 e. The van der Waals surface area contributed by atoms with Gasteiger partial charge in [-0.1, -0.05) is 12.8 Å². The molecule has 0 saturated carbocycles. The summed E-state index contributed by atoms with van der Waals surface area (Å²) < 4.78 is 40.0. The van der Waals surface area contributed by atoms with Gasteiger partial charge in [-0.3, -0.25) is 0 Å². The van der Waals surface area contributed by atoms with Gasteiger partial charge in [0.2, 0.25) is 10.0 Å². The van der Waals surface area contributed by atoms with Crippen LogP contribution in [0.4, 0.5) is 10.1 Å². The molecule has 1 aliphatic rings. The minimum Gasteiger partial charge on any atom is -0.396 e. The molecule has 1 aromatic rings. The van der Waals surface area contributed by atoms with Gasteiger partial charge in [0.25, 0.3) is 0 Å². The first-order valence-electron chi connectivity index (χ1n) is 6.17. The molecule has 4 nitrogen and oxygen atoms in total. The molecule has 1 heterocycles.